The minimum absolute atomic E-state index is 0.0321. The highest BCUT2D eigenvalue weighted by atomic mass is 16.6. The Morgan fingerprint density at radius 2 is 2.05 bits per heavy atom. The van der Waals surface area contributed by atoms with Crippen molar-refractivity contribution in [1.29, 1.82) is 0 Å². The Bertz CT molecular complexity index is 619. The van der Waals surface area contributed by atoms with E-state index in [1.807, 2.05) is 19.9 Å². The first-order valence-electron chi connectivity index (χ1n) is 6.26. The molecular weight excluding hydrogens is 244 g/mol. The fourth-order valence-corrected chi connectivity index (χ4v) is 1.94. The molecular formula is C13H16N4O2. The topological polar surface area (TPSA) is 73.8 Å². The summed E-state index contributed by atoms with van der Waals surface area (Å²) in [5.74, 6) is 0.625. The predicted molar refractivity (Wildman–Crippen MR) is 71.5 cm³/mol. The van der Waals surface area contributed by atoms with Crippen LogP contribution in [-0.4, -0.2) is 19.7 Å². The zero-order valence-electron chi connectivity index (χ0n) is 11.3. The molecule has 0 aliphatic carbocycles. The fourth-order valence-electron chi connectivity index (χ4n) is 1.94. The lowest BCUT2D eigenvalue weighted by Gasteiger charge is -2.05. The van der Waals surface area contributed by atoms with Gasteiger partial charge in [-0.3, -0.25) is 10.1 Å². The SMILES string of the molecule is CCc1cc(CC)n(-c2cc(C)c([N+](=O)[O-])cn2)n1. The molecule has 0 bridgehead atoms. The third kappa shape index (κ3) is 2.47. The van der Waals surface area contributed by atoms with Crippen molar-refractivity contribution in [2.45, 2.75) is 33.6 Å². The fraction of sp³-hybridized carbons (Fsp3) is 0.385. The summed E-state index contributed by atoms with van der Waals surface area (Å²) in [6, 6.07) is 3.74. The van der Waals surface area contributed by atoms with E-state index in [1.165, 1.54) is 6.20 Å². The van der Waals surface area contributed by atoms with Gasteiger partial charge in [0.2, 0.25) is 0 Å². The van der Waals surface area contributed by atoms with Crippen LogP contribution in [0, 0.1) is 17.0 Å². The summed E-state index contributed by atoms with van der Waals surface area (Å²) in [7, 11) is 0. The van der Waals surface area contributed by atoms with E-state index in [0.29, 0.717) is 11.4 Å². The highest BCUT2D eigenvalue weighted by Crippen LogP contribution is 2.20. The van der Waals surface area contributed by atoms with Crippen molar-refractivity contribution < 1.29 is 4.92 Å². The van der Waals surface area contributed by atoms with Crippen LogP contribution in [-0.2, 0) is 12.8 Å². The second-order valence-corrected chi connectivity index (χ2v) is 4.33. The Balaban J connectivity index is 2.50. The maximum Gasteiger partial charge on any atom is 0.290 e. The maximum absolute atomic E-state index is 10.8. The van der Waals surface area contributed by atoms with Gasteiger partial charge in [-0.1, -0.05) is 13.8 Å². The smallest absolute Gasteiger partial charge is 0.258 e. The van der Waals surface area contributed by atoms with Gasteiger partial charge in [0.1, 0.15) is 6.20 Å². The van der Waals surface area contributed by atoms with E-state index < -0.39 is 4.92 Å². The third-order valence-electron chi connectivity index (χ3n) is 3.04. The van der Waals surface area contributed by atoms with Crippen LogP contribution in [0.5, 0.6) is 0 Å². The van der Waals surface area contributed by atoms with Gasteiger partial charge >= 0.3 is 0 Å². The summed E-state index contributed by atoms with van der Waals surface area (Å²) >= 11 is 0. The monoisotopic (exact) mass is 260 g/mol. The molecule has 2 heterocycles. The Morgan fingerprint density at radius 1 is 1.32 bits per heavy atom. The van der Waals surface area contributed by atoms with Crippen LogP contribution in [0.1, 0.15) is 30.8 Å². The first-order chi connectivity index (χ1) is 9.06. The van der Waals surface area contributed by atoms with Crippen LogP contribution in [0.4, 0.5) is 5.69 Å². The molecule has 0 spiro atoms. The van der Waals surface area contributed by atoms with E-state index in [4.69, 9.17) is 0 Å². The minimum atomic E-state index is -0.423. The summed E-state index contributed by atoms with van der Waals surface area (Å²) in [4.78, 5) is 14.5. The van der Waals surface area contributed by atoms with Gasteiger partial charge in [-0.15, -0.1) is 0 Å². The average Bonchev–Trinajstić information content (AvgIpc) is 2.81. The molecule has 2 aromatic rings. The molecule has 100 valence electrons. The van der Waals surface area contributed by atoms with Crippen molar-refractivity contribution >= 4 is 5.69 Å². The van der Waals surface area contributed by atoms with E-state index in [-0.39, 0.29) is 5.69 Å². The highest BCUT2D eigenvalue weighted by molar-refractivity contribution is 5.42. The molecule has 2 rings (SSSR count). The van der Waals surface area contributed by atoms with Crippen LogP contribution in [0.25, 0.3) is 5.82 Å². The van der Waals surface area contributed by atoms with Gasteiger partial charge in [-0.05, 0) is 31.9 Å². The van der Waals surface area contributed by atoms with Gasteiger partial charge in [0.05, 0.1) is 10.6 Å². The molecule has 0 aliphatic rings. The lowest BCUT2D eigenvalue weighted by atomic mass is 10.2. The van der Waals surface area contributed by atoms with Crippen molar-refractivity contribution in [1.82, 2.24) is 14.8 Å². The Hall–Kier alpha value is -2.24. The van der Waals surface area contributed by atoms with Crippen molar-refractivity contribution in [3.05, 3.63) is 45.4 Å². The Kier molecular flexibility index (Phi) is 3.59. The van der Waals surface area contributed by atoms with Crippen molar-refractivity contribution in [2.24, 2.45) is 0 Å². The molecule has 0 fully saturated rings. The molecule has 2 aromatic heterocycles. The number of hydrogen-bond donors (Lipinski definition) is 0. The predicted octanol–water partition coefficient (Wildman–Crippen LogP) is 2.61. The average molecular weight is 260 g/mol. The van der Waals surface area contributed by atoms with E-state index in [9.17, 15) is 10.1 Å². The third-order valence-corrected chi connectivity index (χ3v) is 3.04. The minimum Gasteiger partial charge on any atom is -0.258 e. The van der Waals surface area contributed by atoms with Gasteiger partial charge in [0.25, 0.3) is 5.69 Å². The number of nitrogens with zero attached hydrogens (tertiary/aromatic N) is 4. The number of nitro groups is 1. The van der Waals surface area contributed by atoms with Crippen LogP contribution in [0.15, 0.2) is 18.3 Å². The lowest BCUT2D eigenvalue weighted by Crippen LogP contribution is -2.05. The molecule has 6 nitrogen and oxygen atoms in total. The molecule has 0 saturated carbocycles. The molecule has 0 atom stereocenters. The van der Waals surface area contributed by atoms with E-state index in [0.717, 1.165) is 24.2 Å². The molecule has 19 heavy (non-hydrogen) atoms. The largest absolute Gasteiger partial charge is 0.290 e. The van der Waals surface area contributed by atoms with Crippen LogP contribution in [0.2, 0.25) is 0 Å². The second-order valence-electron chi connectivity index (χ2n) is 4.33. The molecule has 0 saturated heterocycles. The number of pyridine rings is 1. The van der Waals surface area contributed by atoms with Gasteiger partial charge in [-0.2, -0.15) is 5.10 Å². The number of aromatic nitrogens is 3. The second kappa shape index (κ2) is 5.17. The Morgan fingerprint density at radius 3 is 2.58 bits per heavy atom. The number of hydrogen-bond acceptors (Lipinski definition) is 4. The number of rotatable bonds is 4. The summed E-state index contributed by atoms with van der Waals surface area (Å²) in [5, 5.41) is 15.3. The van der Waals surface area contributed by atoms with Crippen LogP contribution < -0.4 is 0 Å². The normalized spacial score (nSPS) is 10.7. The molecule has 0 unspecified atom stereocenters. The van der Waals surface area contributed by atoms with E-state index >= 15 is 0 Å². The van der Waals surface area contributed by atoms with Gasteiger partial charge < -0.3 is 0 Å². The van der Waals surface area contributed by atoms with Gasteiger partial charge in [0.15, 0.2) is 5.82 Å². The first-order valence-corrected chi connectivity index (χ1v) is 6.26. The summed E-state index contributed by atoms with van der Waals surface area (Å²) in [5.41, 5.74) is 2.67. The van der Waals surface area contributed by atoms with Crippen LogP contribution >= 0.6 is 0 Å². The summed E-state index contributed by atoms with van der Waals surface area (Å²) in [6.07, 6.45) is 2.98. The molecule has 0 radical (unpaired) electrons. The van der Waals surface area contributed by atoms with Crippen LogP contribution in [0.3, 0.4) is 0 Å². The van der Waals surface area contributed by atoms with Crippen molar-refractivity contribution in [3.8, 4) is 5.82 Å². The highest BCUT2D eigenvalue weighted by Gasteiger charge is 2.14. The molecule has 0 aliphatic heterocycles. The summed E-state index contributed by atoms with van der Waals surface area (Å²) in [6.45, 7) is 5.80. The molecule has 0 N–H and O–H groups in total. The maximum atomic E-state index is 10.8. The zero-order valence-corrected chi connectivity index (χ0v) is 11.3. The zero-order chi connectivity index (χ0) is 14.0. The van der Waals surface area contributed by atoms with Crippen molar-refractivity contribution in [2.75, 3.05) is 0 Å². The van der Waals surface area contributed by atoms with Crippen molar-refractivity contribution in [3.63, 3.8) is 0 Å². The lowest BCUT2D eigenvalue weighted by molar-refractivity contribution is -0.385. The van der Waals surface area contributed by atoms with Gasteiger partial charge in [-0.25, -0.2) is 9.67 Å². The molecule has 0 aromatic carbocycles. The quantitative estimate of drug-likeness (QED) is 0.625. The molecule has 6 heteroatoms. The van der Waals surface area contributed by atoms with Gasteiger partial charge in [0, 0.05) is 11.3 Å². The van der Waals surface area contributed by atoms with E-state index in [2.05, 4.69) is 10.1 Å². The Labute approximate surface area is 111 Å². The standard InChI is InChI=1S/C13H16N4O2/c1-4-10-7-11(5-2)16(15-10)13-6-9(3)12(8-14-13)17(18)19/h6-8H,4-5H2,1-3H3. The molecule has 0 amide bonds. The summed E-state index contributed by atoms with van der Waals surface area (Å²) < 4.78 is 1.76. The van der Waals surface area contributed by atoms with E-state index in [1.54, 1.807) is 17.7 Å². The first kappa shape index (κ1) is 13.2. The number of aryl methyl sites for hydroxylation is 3.